The van der Waals surface area contributed by atoms with E-state index in [9.17, 15) is 5.11 Å². The van der Waals surface area contributed by atoms with Crippen molar-refractivity contribution in [3.63, 3.8) is 0 Å². The number of ether oxygens (including phenoxy) is 1. The van der Waals surface area contributed by atoms with Gasteiger partial charge >= 0.3 is 0 Å². The van der Waals surface area contributed by atoms with Crippen LogP contribution in [0.2, 0.25) is 0 Å². The molecule has 0 aliphatic rings. The van der Waals surface area contributed by atoms with Gasteiger partial charge in [0.05, 0.1) is 7.11 Å². The Bertz CT molecular complexity index is 750. The summed E-state index contributed by atoms with van der Waals surface area (Å²) in [6.07, 6.45) is 0.649. The number of benzene rings is 2. The number of nitrogens with zero attached hydrogens (tertiary/aromatic N) is 2. The highest BCUT2D eigenvalue weighted by Gasteiger charge is 2.09. The Hall–Kier alpha value is -1.96. The van der Waals surface area contributed by atoms with E-state index >= 15 is 0 Å². The minimum Gasteiger partial charge on any atom is -0.504 e. The number of rotatable bonds is 7. The van der Waals surface area contributed by atoms with Crippen LogP contribution in [0.5, 0.6) is 11.5 Å². The van der Waals surface area contributed by atoms with Crippen molar-refractivity contribution in [3.8, 4) is 11.5 Å². The highest BCUT2D eigenvalue weighted by Crippen LogP contribution is 2.29. The van der Waals surface area contributed by atoms with E-state index in [0.29, 0.717) is 18.7 Å². The molecule has 0 unspecified atom stereocenters. The van der Waals surface area contributed by atoms with Crippen molar-refractivity contribution in [1.29, 1.82) is 0 Å². The normalized spacial score (nSPS) is 10.9. The maximum atomic E-state index is 10.2. The van der Waals surface area contributed by atoms with E-state index in [0.717, 1.165) is 24.6 Å². The number of nitrogens with one attached hydrogen (secondary N) is 1. The maximum absolute atomic E-state index is 10.2. The van der Waals surface area contributed by atoms with E-state index in [1.165, 1.54) is 11.1 Å². The lowest BCUT2D eigenvalue weighted by Crippen LogP contribution is -2.38. The Morgan fingerprint density at radius 3 is 2.52 bits per heavy atom. The lowest BCUT2D eigenvalue weighted by atomic mass is 10.1. The minimum atomic E-state index is 0. The van der Waals surface area contributed by atoms with Gasteiger partial charge < -0.3 is 20.1 Å². The molecular weight excluding hydrogens is 453 g/mol. The molecular formula is C21H30IN3O2. The third-order valence-corrected chi connectivity index (χ3v) is 4.31. The first-order chi connectivity index (χ1) is 12.6. The van der Waals surface area contributed by atoms with Gasteiger partial charge in [-0.15, -0.1) is 24.0 Å². The van der Waals surface area contributed by atoms with Crippen LogP contribution in [0.1, 0.15) is 23.6 Å². The summed E-state index contributed by atoms with van der Waals surface area (Å²) < 4.78 is 5.16. The number of para-hydroxylation sites is 1. The fraction of sp³-hybridized carbons (Fsp3) is 0.381. The summed E-state index contributed by atoms with van der Waals surface area (Å²) in [7, 11) is 3.59. The van der Waals surface area contributed by atoms with Gasteiger partial charge in [0, 0.05) is 26.7 Å². The molecule has 148 valence electrons. The number of guanidine groups is 1. The number of hydrogen-bond donors (Lipinski definition) is 2. The van der Waals surface area contributed by atoms with Gasteiger partial charge in [-0.25, -0.2) is 0 Å². The average Bonchev–Trinajstić information content (AvgIpc) is 2.64. The molecule has 0 bridgehead atoms. The van der Waals surface area contributed by atoms with Crippen LogP contribution in [0.4, 0.5) is 0 Å². The van der Waals surface area contributed by atoms with Gasteiger partial charge in [0.25, 0.3) is 0 Å². The topological polar surface area (TPSA) is 57.1 Å². The fourth-order valence-corrected chi connectivity index (χ4v) is 2.80. The van der Waals surface area contributed by atoms with Crippen LogP contribution in [0.15, 0.2) is 47.5 Å². The minimum absolute atomic E-state index is 0. The standard InChI is InChI=1S/C21H29N3O2.HI/c1-5-22-21(24(3)15-18-10-7-6-9-16(18)2)23-14-13-17-11-8-12-19(26-4)20(17)25;/h6-12,25H,5,13-15H2,1-4H3,(H,22,23);1H. The molecule has 2 aromatic carbocycles. The number of methoxy groups -OCH3 is 1. The Morgan fingerprint density at radius 2 is 1.85 bits per heavy atom. The Morgan fingerprint density at radius 1 is 1.15 bits per heavy atom. The number of phenols is 1. The van der Waals surface area contributed by atoms with Crippen LogP contribution >= 0.6 is 24.0 Å². The molecule has 2 rings (SSSR count). The molecule has 0 radical (unpaired) electrons. The van der Waals surface area contributed by atoms with E-state index in [-0.39, 0.29) is 29.7 Å². The number of aromatic hydroxyl groups is 1. The molecule has 0 aromatic heterocycles. The Balaban J connectivity index is 0.00000364. The average molecular weight is 483 g/mol. The van der Waals surface area contributed by atoms with E-state index in [1.54, 1.807) is 13.2 Å². The largest absolute Gasteiger partial charge is 0.504 e. The fourth-order valence-electron chi connectivity index (χ4n) is 2.80. The van der Waals surface area contributed by atoms with E-state index < -0.39 is 0 Å². The molecule has 0 saturated carbocycles. The molecule has 5 nitrogen and oxygen atoms in total. The zero-order valence-electron chi connectivity index (χ0n) is 16.5. The zero-order chi connectivity index (χ0) is 18.9. The Labute approximate surface area is 179 Å². The van der Waals surface area contributed by atoms with Crippen LogP contribution in [-0.2, 0) is 13.0 Å². The van der Waals surface area contributed by atoms with Gasteiger partial charge in [0.15, 0.2) is 17.5 Å². The van der Waals surface area contributed by atoms with E-state index in [4.69, 9.17) is 9.73 Å². The van der Waals surface area contributed by atoms with E-state index in [2.05, 4.69) is 48.3 Å². The predicted octanol–water partition coefficient (Wildman–Crippen LogP) is 3.97. The monoisotopic (exact) mass is 483 g/mol. The lowest BCUT2D eigenvalue weighted by molar-refractivity contribution is 0.370. The van der Waals surface area contributed by atoms with Crippen LogP contribution in [-0.4, -0.2) is 43.2 Å². The first-order valence-electron chi connectivity index (χ1n) is 8.95. The van der Waals surface area contributed by atoms with Crippen molar-refractivity contribution < 1.29 is 9.84 Å². The van der Waals surface area contributed by atoms with Crippen molar-refractivity contribution in [2.24, 2.45) is 4.99 Å². The summed E-state index contributed by atoms with van der Waals surface area (Å²) in [5, 5.41) is 13.5. The molecule has 0 fully saturated rings. The molecule has 6 heteroatoms. The Kier molecular flexibility index (Phi) is 9.99. The first-order valence-corrected chi connectivity index (χ1v) is 8.95. The van der Waals surface area contributed by atoms with Crippen LogP contribution in [0.3, 0.4) is 0 Å². The SMILES string of the molecule is CCNC(=NCCc1cccc(OC)c1O)N(C)Cc1ccccc1C.I. The number of phenolic OH excluding ortho intramolecular Hbond substituents is 1. The maximum Gasteiger partial charge on any atom is 0.193 e. The molecule has 2 N–H and O–H groups in total. The van der Waals surface area contributed by atoms with Gasteiger partial charge in [0.1, 0.15) is 0 Å². The van der Waals surface area contributed by atoms with Crippen molar-refractivity contribution in [2.75, 3.05) is 27.2 Å². The van der Waals surface area contributed by atoms with Crippen molar-refractivity contribution in [1.82, 2.24) is 10.2 Å². The molecule has 0 atom stereocenters. The summed E-state index contributed by atoms with van der Waals surface area (Å²) in [6, 6.07) is 13.9. The number of aliphatic imine (C=N–C) groups is 1. The van der Waals surface area contributed by atoms with E-state index in [1.807, 2.05) is 19.2 Å². The predicted molar refractivity (Wildman–Crippen MR) is 122 cm³/mol. The molecule has 27 heavy (non-hydrogen) atoms. The molecule has 0 spiro atoms. The number of halogens is 1. The zero-order valence-corrected chi connectivity index (χ0v) is 18.9. The van der Waals surface area contributed by atoms with Crippen LogP contribution in [0, 0.1) is 6.92 Å². The second-order valence-corrected chi connectivity index (χ2v) is 6.24. The van der Waals surface area contributed by atoms with Crippen molar-refractivity contribution in [2.45, 2.75) is 26.8 Å². The van der Waals surface area contributed by atoms with Gasteiger partial charge in [-0.2, -0.15) is 0 Å². The molecule has 0 aliphatic heterocycles. The van der Waals surface area contributed by atoms with Gasteiger partial charge in [-0.3, -0.25) is 4.99 Å². The summed E-state index contributed by atoms with van der Waals surface area (Å²) in [4.78, 5) is 6.83. The number of hydrogen-bond acceptors (Lipinski definition) is 3. The molecule has 0 amide bonds. The smallest absolute Gasteiger partial charge is 0.193 e. The van der Waals surface area contributed by atoms with Crippen molar-refractivity contribution in [3.05, 3.63) is 59.2 Å². The summed E-state index contributed by atoms with van der Waals surface area (Å²) in [6.45, 7) is 6.37. The summed E-state index contributed by atoms with van der Waals surface area (Å²) in [5.74, 6) is 1.55. The second kappa shape index (κ2) is 11.7. The third kappa shape index (κ3) is 6.61. The van der Waals surface area contributed by atoms with Gasteiger partial charge in [-0.1, -0.05) is 36.4 Å². The quantitative estimate of drug-likeness (QED) is 0.356. The van der Waals surface area contributed by atoms with Crippen LogP contribution < -0.4 is 10.1 Å². The van der Waals surface area contributed by atoms with Crippen LogP contribution in [0.25, 0.3) is 0 Å². The van der Waals surface area contributed by atoms with Gasteiger partial charge in [0.2, 0.25) is 0 Å². The molecule has 0 saturated heterocycles. The third-order valence-electron chi connectivity index (χ3n) is 4.31. The molecule has 0 aliphatic carbocycles. The molecule has 0 heterocycles. The highest BCUT2D eigenvalue weighted by molar-refractivity contribution is 14.0. The highest BCUT2D eigenvalue weighted by atomic mass is 127. The number of aryl methyl sites for hydroxylation is 1. The summed E-state index contributed by atoms with van der Waals surface area (Å²) >= 11 is 0. The van der Waals surface area contributed by atoms with Gasteiger partial charge in [-0.05, 0) is 43.0 Å². The molecule has 2 aromatic rings. The first kappa shape index (κ1) is 23.1. The lowest BCUT2D eigenvalue weighted by Gasteiger charge is -2.23. The van der Waals surface area contributed by atoms with Crippen molar-refractivity contribution >= 4 is 29.9 Å². The second-order valence-electron chi connectivity index (χ2n) is 6.24. The summed E-state index contributed by atoms with van der Waals surface area (Å²) in [5.41, 5.74) is 3.40.